The maximum absolute atomic E-state index is 12.0. The van der Waals surface area contributed by atoms with Gasteiger partial charge in [0.25, 0.3) is 0 Å². The smallest absolute Gasteiger partial charge is 0.337 e. The molecule has 114 valence electrons. The van der Waals surface area contributed by atoms with Gasteiger partial charge in [0.1, 0.15) is 0 Å². The summed E-state index contributed by atoms with van der Waals surface area (Å²) in [5.41, 5.74) is 6.87. The highest BCUT2D eigenvalue weighted by molar-refractivity contribution is 5.99. The number of benzene rings is 1. The summed E-state index contributed by atoms with van der Waals surface area (Å²) in [4.78, 5) is 35.7. The largest absolute Gasteiger partial charge is 0.469 e. The first kappa shape index (κ1) is 16.5. The molecule has 7 nitrogen and oxygen atoms in total. The van der Waals surface area contributed by atoms with E-state index in [4.69, 9.17) is 5.73 Å². The fraction of sp³-hybridized carbons (Fsp3) is 0.357. The van der Waals surface area contributed by atoms with Crippen LogP contribution in [-0.2, 0) is 19.1 Å². The number of nitrogens with zero attached hydrogens (tertiary/aromatic N) is 1. The summed E-state index contributed by atoms with van der Waals surface area (Å²) in [7, 11) is 4.08. The zero-order valence-electron chi connectivity index (χ0n) is 12.2. The van der Waals surface area contributed by atoms with Crippen molar-refractivity contribution in [3.05, 3.63) is 23.8 Å². The minimum Gasteiger partial charge on any atom is -0.469 e. The molecule has 0 aliphatic heterocycles. The molecular weight excluding hydrogens is 276 g/mol. The Kier molecular flexibility index (Phi) is 5.71. The van der Waals surface area contributed by atoms with Gasteiger partial charge in [-0.05, 0) is 18.2 Å². The van der Waals surface area contributed by atoms with Gasteiger partial charge in [0, 0.05) is 13.5 Å². The van der Waals surface area contributed by atoms with Crippen molar-refractivity contribution >= 4 is 29.2 Å². The van der Waals surface area contributed by atoms with Crippen molar-refractivity contribution in [2.24, 2.45) is 0 Å². The molecule has 0 unspecified atom stereocenters. The molecule has 0 bridgehead atoms. The fourth-order valence-corrected chi connectivity index (χ4v) is 1.72. The average molecular weight is 294 g/mol. The Morgan fingerprint density at radius 2 is 1.81 bits per heavy atom. The number of amides is 1. The average Bonchev–Trinajstić information content (AvgIpc) is 2.50. The van der Waals surface area contributed by atoms with E-state index in [1.54, 1.807) is 13.1 Å². The predicted octanol–water partition coefficient (Wildman–Crippen LogP) is 0.971. The van der Waals surface area contributed by atoms with E-state index in [1.807, 2.05) is 0 Å². The first-order valence-corrected chi connectivity index (χ1v) is 6.22. The van der Waals surface area contributed by atoms with Crippen molar-refractivity contribution < 1.29 is 23.9 Å². The van der Waals surface area contributed by atoms with E-state index in [9.17, 15) is 14.4 Å². The molecule has 0 atom stereocenters. The first-order valence-electron chi connectivity index (χ1n) is 6.22. The van der Waals surface area contributed by atoms with Gasteiger partial charge < -0.3 is 20.1 Å². The number of ether oxygens (including phenoxy) is 2. The van der Waals surface area contributed by atoms with Crippen molar-refractivity contribution in [2.75, 3.05) is 31.9 Å². The highest BCUT2D eigenvalue weighted by Gasteiger charge is 2.16. The molecular formula is C14H18N2O5. The number of nitrogens with two attached hydrogens (primary N) is 1. The Hall–Kier alpha value is -2.57. The third-order valence-corrected chi connectivity index (χ3v) is 2.95. The standard InChI is InChI=1S/C14H18N2O5/c1-16(12(17)6-7-13(18)20-2)11-5-4-9(8-10(11)15)14(19)21-3/h4-5,8H,6-7,15H2,1-3H3. The van der Waals surface area contributed by atoms with Gasteiger partial charge >= 0.3 is 11.9 Å². The van der Waals surface area contributed by atoms with E-state index >= 15 is 0 Å². The topological polar surface area (TPSA) is 98.9 Å². The van der Waals surface area contributed by atoms with Crippen molar-refractivity contribution in [3.8, 4) is 0 Å². The Balaban J connectivity index is 2.82. The summed E-state index contributed by atoms with van der Waals surface area (Å²) >= 11 is 0. The number of anilines is 2. The van der Waals surface area contributed by atoms with Gasteiger partial charge in [-0.3, -0.25) is 9.59 Å². The van der Waals surface area contributed by atoms with Crippen LogP contribution in [0.15, 0.2) is 18.2 Å². The molecule has 7 heteroatoms. The molecule has 0 aliphatic rings. The second-order valence-corrected chi connectivity index (χ2v) is 4.29. The van der Waals surface area contributed by atoms with Crippen LogP contribution in [0.25, 0.3) is 0 Å². The zero-order chi connectivity index (χ0) is 16.0. The number of hydrogen-bond donors (Lipinski definition) is 1. The molecule has 21 heavy (non-hydrogen) atoms. The molecule has 0 saturated carbocycles. The van der Waals surface area contributed by atoms with Crippen molar-refractivity contribution in [3.63, 3.8) is 0 Å². The minimum atomic E-state index is -0.507. The molecule has 2 N–H and O–H groups in total. The summed E-state index contributed by atoms with van der Waals surface area (Å²) in [6, 6.07) is 4.50. The molecule has 1 aromatic rings. The van der Waals surface area contributed by atoms with Crippen molar-refractivity contribution in [1.29, 1.82) is 0 Å². The third kappa shape index (κ3) is 4.20. The predicted molar refractivity (Wildman–Crippen MR) is 76.9 cm³/mol. The lowest BCUT2D eigenvalue weighted by Gasteiger charge is -2.19. The SMILES string of the molecule is COC(=O)CCC(=O)N(C)c1ccc(C(=O)OC)cc1N. The van der Waals surface area contributed by atoms with Gasteiger partial charge in [-0.25, -0.2) is 4.79 Å². The monoisotopic (exact) mass is 294 g/mol. The maximum atomic E-state index is 12.0. The Morgan fingerprint density at radius 3 is 2.33 bits per heavy atom. The molecule has 0 fully saturated rings. The summed E-state index contributed by atoms with van der Waals surface area (Å²) in [5, 5.41) is 0. The number of carbonyl (C=O) groups excluding carboxylic acids is 3. The molecule has 0 radical (unpaired) electrons. The van der Waals surface area contributed by atoms with Crippen LogP contribution >= 0.6 is 0 Å². The maximum Gasteiger partial charge on any atom is 0.337 e. The fourth-order valence-electron chi connectivity index (χ4n) is 1.72. The number of methoxy groups -OCH3 is 2. The molecule has 1 rings (SSSR count). The highest BCUT2D eigenvalue weighted by Crippen LogP contribution is 2.24. The molecule has 0 heterocycles. The van der Waals surface area contributed by atoms with Crippen LogP contribution in [0.5, 0.6) is 0 Å². The molecule has 0 aromatic heterocycles. The lowest BCUT2D eigenvalue weighted by molar-refractivity contribution is -0.141. The van der Waals surface area contributed by atoms with Crippen LogP contribution in [0.3, 0.4) is 0 Å². The Bertz CT molecular complexity index is 556. The van der Waals surface area contributed by atoms with E-state index in [0.29, 0.717) is 11.3 Å². The molecule has 1 amide bonds. The van der Waals surface area contributed by atoms with E-state index in [2.05, 4.69) is 9.47 Å². The lowest BCUT2D eigenvalue weighted by atomic mass is 10.1. The summed E-state index contributed by atoms with van der Waals surface area (Å²) < 4.78 is 9.07. The zero-order valence-corrected chi connectivity index (χ0v) is 12.2. The highest BCUT2D eigenvalue weighted by atomic mass is 16.5. The van der Waals surface area contributed by atoms with Gasteiger partial charge in [0.2, 0.25) is 5.91 Å². The van der Waals surface area contributed by atoms with Crippen LogP contribution in [0.1, 0.15) is 23.2 Å². The number of carbonyl (C=O) groups is 3. The molecule has 1 aromatic carbocycles. The van der Waals surface area contributed by atoms with Gasteiger partial charge in [-0.2, -0.15) is 0 Å². The van der Waals surface area contributed by atoms with Crippen LogP contribution in [-0.4, -0.2) is 39.1 Å². The van der Waals surface area contributed by atoms with E-state index in [0.717, 1.165) is 0 Å². The van der Waals surface area contributed by atoms with Crippen LogP contribution in [0.2, 0.25) is 0 Å². The van der Waals surface area contributed by atoms with Crippen LogP contribution in [0.4, 0.5) is 11.4 Å². The summed E-state index contributed by atoms with van der Waals surface area (Å²) in [6.07, 6.45) is 0.0151. The van der Waals surface area contributed by atoms with E-state index < -0.39 is 11.9 Å². The number of esters is 2. The second-order valence-electron chi connectivity index (χ2n) is 4.29. The Labute approximate surface area is 122 Å². The molecule has 0 spiro atoms. The van der Waals surface area contributed by atoms with Crippen molar-refractivity contribution in [2.45, 2.75) is 12.8 Å². The van der Waals surface area contributed by atoms with Gasteiger partial charge in [0.15, 0.2) is 0 Å². The van der Waals surface area contributed by atoms with Crippen molar-refractivity contribution in [1.82, 2.24) is 0 Å². The third-order valence-electron chi connectivity index (χ3n) is 2.95. The second kappa shape index (κ2) is 7.28. The van der Waals surface area contributed by atoms with E-state index in [-0.39, 0.29) is 24.4 Å². The van der Waals surface area contributed by atoms with Crippen LogP contribution < -0.4 is 10.6 Å². The quantitative estimate of drug-likeness (QED) is 0.641. The van der Waals surface area contributed by atoms with E-state index in [1.165, 1.54) is 31.3 Å². The molecule has 0 aliphatic carbocycles. The summed E-state index contributed by atoms with van der Waals surface area (Å²) in [6.45, 7) is 0. The number of hydrogen-bond acceptors (Lipinski definition) is 6. The van der Waals surface area contributed by atoms with Gasteiger partial charge in [-0.1, -0.05) is 0 Å². The van der Waals surface area contributed by atoms with Gasteiger partial charge in [0.05, 0.1) is 37.6 Å². The van der Waals surface area contributed by atoms with Crippen LogP contribution in [0, 0.1) is 0 Å². The number of nitrogen functional groups attached to an aromatic ring is 1. The van der Waals surface area contributed by atoms with Gasteiger partial charge in [-0.15, -0.1) is 0 Å². The minimum absolute atomic E-state index is 0.000176. The lowest BCUT2D eigenvalue weighted by Crippen LogP contribution is -2.27. The molecule has 0 saturated heterocycles. The first-order chi connectivity index (χ1) is 9.90. The Morgan fingerprint density at radius 1 is 1.14 bits per heavy atom. The summed E-state index contributed by atoms with van der Waals surface area (Å²) in [5.74, 6) is -1.24. The number of rotatable bonds is 5. The normalized spacial score (nSPS) is 9.86.